The van der Waals surface area contributed by atoms with Crippen molar-refractivity contribution in [1.29, 1.82) is 0 Å². The monoisotopic (exact) mass is 294 g/mol. The lowest BCUT2D eigenvalue weighted by Crippen LogP contribution is -2.41. The fourth-order valence-corrected chi connectivity index (χ4v) is 5.75. The van der Waals surface area contributed by atoms with E-state index in [1.807, 2.05) is 0 Å². The summed E-state index contributed by atoms with van der Waals surface area (Å²) in [5, 5.41) is 0.345. The van der Waals surface area contributed by atoms with Gasteiger partial charge in [-0.05, 0) is 56.4 Å². The van der Waals surface area contributed by atoms with E-state index in [2.05, 4.69) is 0 Å². The van der Waals surface area contributed by atoms with Crippen molar-refractivity contribution in [3.05, 3.63) is 35.1 Å². The Hall–Kier alpha value is -1.03. The van der Waals surface area contributed by atoms with Crippen LogP contribution in [0.4, 0.5) is 4.39 Å². The average molecular weight is 294 g/mol. The third-order valence-electron chi connectivity index (χ3n) is 4.50. The molecule has 1 aromatic carbocycles. The summed E-state index contributed by atoms with van der Waals surface area (Å²) < 4.78 is 25.6. The molecule has 1 aromatic rings. The molecule has 2 aliphatic rings. The maximum Gasteiger partial charge on any atom is 0.166 e. The molecule has 2 fully saturated rings. The number of halogens is 1. The Kier molecular flexibility index (Phi) is 3.76. The zero-order valence-electron chi connectivity index (χ0n) is 11.6. The molecule has 108 valence electrons. The summed E-state index contributed by atoms with van der Waals surface area (Å²) in [6, 6.07) is 4.52. The van der Waals surface area contributed by atoms with E-state index in [4.69, 9.17) is 0 Å². The Morgan fingerprint density at radius 3 is 2.45 bits per heavy atom. The zero-order valence-corrected chi connectivity index (χ0v) is 12.4. The first kappa shape index (κ1) is 13.9. The van der Waals surface area contributed by atoms with Gasteiger partial charge in [0.1, 0.15) is 5.82 Å². The molecule has 0 amide bonds. The Bertz CT molecular complexity index is 533. The van der Waals surface area contributed by atoms with E-state index in [9.17, 15) is 13.4 Å². The lowest BCUT2D eigenvalue weighted by molar-refractivity contribution is 0.0895. The van der Waals surface area contributed by atoms with Gasteiger partial charge >= 0.3 is 0 Å². The zero-order chi connectivity index (χ0) is 14.3. The minimum Gasteiger partial charge on any atom is -0.294 e. The minimum absolute atomic E-state index is 0.0289. The van der Waals surface area contributed by atoms with Crippen LogP contribution in [0.3, 0.4) is 0 Å². The van der Waals surface area contributed by atoms with Gasteiger partial charge in [-0.3, -0.25) is 9.00 Å². The molecule has 2 aliphatic heterocycles. The molecule has 2 bridgehead atoms. The molecule has 2 atom stereocenters. The molecule has 2 saturated heterocycles. The predicted octanol–water partition coefficient (Wildman–Crippen LogP) is 3.40. The molecule has 4 heteroatoms. The van der Waals surface area contributed by atoms with Crippen molar-refractivity contribution in [2.45, 2.75) is 49.5 Å². The molecule has 0 radical (unpaired) electrons. The van der Waals surface area contributed by atoms with Crippen LogP contribution in [-0.4, -0.2) is 20.5 Å². The van der Waals surface area contributed by atoms with Gasteiger partial charge in [-0.1, -0.05) is 6.42 Å². The third kappa shape index (κ3) is 2.58. The van der Waals surface area contributed by atoms with Crippen molar-refractivity contribution in [2.24, 2.45) is 5.92 Å². The van der Waals surface area contributed by atoms with E-state index in [1.54, 1.807) is 13.0 Å². The summed E-state index contributed by atoms with van der Waals surface area (Å²) in [5.41, 5.74) is 1.24. The quantitative estimate of drug-likeness (QED) is 0.783. The Labute approximate surface area is 121 Å². The van der Waals surface area contributed by atoms with Crippen LogP contribution in [-0.2, 0) is 10.8 Å². The number of benzene rings is 1. The molecule has 3 rings (SSSR count). The van der Waals surface area contributed by atoms with Crippen LogP contribution < -0.4 is 0 Å². The molecule has 0 N–H and O–H groups in total. The summed E-state index contributed by atoms with van der Waals surface area (Å²) in [7, 11) is -0.765. The van der Waals surface area contributed by atoms with E-state index < -0.39 is 10.8 Å². The second-order valence-corrected chi connectivity index (χ2v) is 8.04. The number of Topliss-reactive ketones (excluding diaryl/α,β-unsaturated/α-hetero) is 1. The van der Waals surface area contributed by atoms with Gasteiger partial charge in [-0.25, -0.2) is 4.39 Å². The van der Waals surface area contributed by atoms with Gasteiger partial charge in [-0.2, -0.15) is 0 Å². The molecular formula is C16H19FO2S. The Morgan fingerprint density at radius 1 is 1.20 bits per heavy atom. The van der Waals surface area contributed by atoms with Crippen LogP contribution in [0, 0.1) is 18.7 Å². The minimum atomic E-state index is -0.765. The molecule has 0 saturated carbocycles. The first-order chi connectivity index (χ1) is 9.54. The van der Waals surface area contributed by atoms with Gasteiger partial charge in [0.25, 0.3) is 0 Å². The summed E-state index contributed by atoms with van der Waals surface area (Å²) >= 11 is 0. The molecule has 20 heavy (non-hydrogen) atoms. The topological polar surface area (TPSA) is 34.1 Å². The summed E-state index contributed by atoms with van der Waals surface area (Å²) in [6.45, 7) is 1.80. The van der Waals surface area contributed by atoms with Crippen LogP contribution in [0.2, 0.25) is 0 Å². The number of hydrogen-bond acceptors (Lipinski definition) is 2. The van der Waals surface area contributed by atoms with Crippen molar-refractivity contribution in [2.75, 3.05) is 0 Å². The average Bonchev–Trinajstić information content (AvgIpc) is 2.36. The smallest absolute Gasteiger partial charge is 0.166 e. The maximum absolute atomic E-state index is 13.4. The van der Waals surface area contributed by atoms with E-state index in [1.165, 1.54) is 12.1 Å². The number of fused-ring (bicyclic) bond motifs is 2. The standard InChI is InChI=1S/C16H19FO2S/c1-10-5-11(7-13(17)6-10)16(18)12-8-14-3-2-4-15(9-12)20(14)19/h5-7,12,14-15H,2-4,8-9H2,1H3. The summed E-state index contributed by atoms with van der Waals surface area (Å²) in [4.78, 5) is 12.6. The Balaban J connectivity index is 1.82. The first-order valence-corrected chi connectivity index (χ1v) is 8.53. The molecule has 2 heterocycles. The van der Waals surface area contributed by atoms with Gasteiger partial charge in [-0.15, -0.1) is 0 Å². The highest BCUT2D eigenvalue weighted by molar-refractivity contribution is 7.86. The van der Waals surface area contributed by atoms with Crippen molar-refractivity contribution >= 4 is 16.6 Å². The van der Waals surface area contributed by atoms with Gasteiger partial charge in [0.15, 0.2) is 5.78 Å². The maximum atomic E-state index is 13.4. The summed E-state index contributed by atoms with van der Waals surface area (Å²) in [5.74, 6) is -0.404. The van der Waals surface area contributed by atoms with Gasteiger partial charge in [0.05, 0.1) is 0 Å². The number of rotatable bonds is 2. The van der Waals surface area contributed by atoms with E-state index >= 15 is 0 Å². The number of hydrogen-bond donors (Lipinski definition) is 0. The van der Waals surface area contributed by atoms with Crippen LogP contribution >= 0.6 is 0 Å². The lowest BCUT2D eigenvalue weighted by atomic mass is 9.84. The van der Waals surface area contributed by atoms with Gasteiger partial charge < -0.3 is 0 Å². The van der Waals surface area contributed by atoms with Gasteiger partial charge in [0, 0.05) is 32.8 Å². The fraction of sp³-hybridized carbons (Fsp3) is 0.562. The predicted molar refractivity (Wildman–Crippen MR) is 77.8 cm³/mol. The van der Waals surface area contributed by atoms with Crippen molar-refractivity contribution in [1.82, 2.24) is 0 Å². The molecule has 0 spiro atoms. The second-order valence-electron chi connectivity index (χ2n) is 6.05. The van der Waals surface area contributed by atoms with E-state index in [0.29, 0.717) is 18.4 Å². The van der Waals surface area contributed by atoms with Crippen LogP contribution in [0.1, 0.15) is 48.0 Å². The molecule has 2 nitrogen and oxygen atoms in total. The number of ketones is 1. The summed E-state index contributed by atoms with van der Waals surface area (Å²) in [6.07, 6.45) is 4.47. The van der Waals surface area contributed by atoms with Crippen molar-refractivity contribution in [3.8, 4) is 0 Å². The van der Waals surface area contributed by atoms with Crippen LogP contribution in [0.15, 0.2) is 18.2 Å². The Morgan fingerprint density at radius 2 is 1.85 bits per heavy atom. The fourth-order valence-electron chi connectivity index (χ4n) is 3.56. The SMILES string of the molecule is Cc1cc(F)cc(C(=O)C2CC3CCCC(C2)S3=O)c1. The molecular weight excluding hydrogens is 275 g/mol. The van der Waals surface area contributed by atoms with Crippen LogP contribution in [0.25, 0.3) is 0 Å². The van der Waals surface area contributed by atoms with Gasteiger partial charge in [0.2, 0.25) is 0 Å². The highest BCUT2D eigenvalue weighted by Crippen LogP contribution is 2.38. The van der Waals surface area contributed by atoms with Crippen LogP contribution in [0.5, 0.6) is 0 Å². The second kappa shape index (κ2) is 5.40. The van der Waals surface area contributed by atoms with E-state index in [0.717, 1.165) is 24.8 Å². The normalized spacial score (nSPS) is 32.9. The molecule has 0 aliphatic carbocycles. The van der Waals surface area contributed by atoms with Crippen molar-refractivity contribution in [3.63, 3.8) is 0 Å². The largest absolute Gasteiger partial charge is 0.294 e. The molecule has 0 aromatic heterocycles. The first-order valence-electron chi connectivity index (χ1n) is 7.25. The third-order valence-corrected chi connectivity index (χ3v) is 6.67. The lowest BCUT2D eigenvalue weighted by Gasteiger charge is -2.37. The highest BCUT2D eigenvalue weighted by atomic mass is 32.2. The number of carbonyl (C=O) groups is 1. The van der Waals surface area contributed by atoms with E-state index in [-0.39, 0.29) is 28.0 Å². The van der Waals surface area contributed by atoms with Crippen molar-refractivity contribution < 1.29 is 13.4 Å². The highest BCUT2D eigenvalue weighted by Gasteiger charge is 2.40. The molecule has 2 unspecified atom stereocenters. The number of carbonyl (C=O) groups excluding carboxylic acids is 1. The number of aryl methyl sites for hydroxylation is 1.